The Morgan fingerprint density at radius 1 is 1.46 bits per heavy atom. The molecule has 0 spiro atoms. The second-order valence-corrected chi connectivity index (χ2v) is 3.53. The summed E-state index contributed by atoms with van der Waals surface area (Å²) in [7, 11) is 0. The molecule has 0 saturated heterocycles. The molecule has 0 saturated carbocycles. The van der Waals surface area contributed by atoms with E-state index in [1.54, 1.807) is 0 Å². The average molecular weight is 175 g/mol. The average Bonchev–Trinajstić information content (AvgIpc) is 2.49. The van der Waals surface area contributed by atoms with Crippen molar-refractivity contribution in [3.63, 3.8) is 0 Å². The van der Waals surface area contributed by atoms with Crippen LogP contribution in [0.5, 0.6) is 0 Å². The highest BCUT2D eigenvalue weighted by atomic mass is 14.9. The Morgan fingerprint density at radius 2 is 2.23 bits per heavy atom. The normalized spacial score (nSPS) is 11.3. The summed E-state index contributed by atoms with van der Waals surface area (Å²) in [6.45, 7) is 4.31. The number of nitrogen functional groups attached to an aromatic ring is 1. The largest absolute Gasteiger partial charge is 0.384 e. The maximum atomic E-state index is 5.69. The highest BCUT2D eigenvalue weighted by molar-refractivity contribution is 5.81. The number of nitrogens with one attached hydrogen (secondary N) is 1. The third-order valence-electron chi connectivity index (χ3n) is 2.20. The number of aromatic amines is 1. The molecule has 0 aliphatic heterocycles. The number of rotatable bonds is 1. The fraction of sp³-hybridized carbons (Fsp3) is 0.300. The van der Waals surface area contributed by atoms with Crippen LogP contribution < -0.4 is 5.73 Å². The van der Waals surface area contributed by atoms with E-state index in [0.717, 1.165) is 5.65 Å². The summed E-state index contributed by atoms with van der Waals surface area (Å²) in [5.41, 5.74) is 7.82. The lowest BCUT2D eigenvalue weighted by molar-refractivity contribution is 0.875. The zero-order chi connectivity index (χ0) is 9.42. The molecular weight excluding hydrogens is 162 g/mol. The predicted octanol–water partition coefficient (Wildman–Crippen LogP) is 2.27. The minimum absolute atomic E-state index is 0.476. The molecule has 2 rings (SSSR count). The Kier molecular flexibility index (Phi) is 1.72. The first-order chi connectivity index (χ1) is 6.18. The summed E-state index contributed by atoms with van der Waals surface area (Å²) in [6.07, 6.45) is 1.89. The summed E-state index contributed by atoms with van der Waals surface area (Å²) < 4.78 is 0. The van der Waals surface area contributed by atoms with Gasteiger partial charge in [-0.3, -0.25) is 0 Å². The fourth-order valence-corrected chi connectivity index (χ4v) is 1.56. The third kappa shape index (κ3) is 1.26. The molecule has 2 heterocycles. The first-order valence-electron chi connectivity index (χ1n) is 4.42. The van der Waals surface area contributed by atoms with Gasteiger partial charge in [0.05, 0.1) is 0 Å². The van der Waals surface area contributed by atoms with Gasteiger partial charge in [-0.25, -0.2) is 4.98 Å². The summed E-state index contributed by atoms with van der Waals surface area (Å²) in [5, 5.41) is 1.17. The van der Waals surface area contributed by atoms with Gasteiger partial charge in [-0.05, 0) is 23.6 Å². The van der Waals surface area contributed by atoms with Crippen molar-refractivity contribution in [2.45, 2.75) is 19.8 Å². The van der Waals surface area contributed by atoms with E-state index in [1.165, 1.54) is 10.9 Å². The van der Waals surface area contributed by atoms with E-state index in [2.05, 4.69) is 23.8 Å². The molecule has 0 amide bonds. The molecule has 0 bridgehead atoms. The van der Waals surface area contributed by atoms with Crippen LogP contribution in [0.1, 0.15) is 25.3 Å². The summed E-state index contributed by atoms with van der Waals surface area (Å²) in [4.78, 5) is 7.27. The van der Waals surface area contributed by atoms with Crippen LogP contribution in [0.25, 0.3) is 11.0 Å². The van der Waals surface area contributed by atoms with Crippen molar-refractivity contribution >= 4 is 16.9 Å². The Labute approximate surface area is 77.0 Å². The van der Waals surface area contributed by atoms with Crippen LogP contribution in [0.15, 0.2) is 18.3 Å². The van der Waals surface area contributed by atoms with Gasteiger partial charge >= 0.3 is 0 Å². The first kappa shape index (κ1) is 8.10. The van der Waals surface area contributed by atoms with Crippen LogP contribution >= 0.6 is 0 Å². The van der Waals surface area contributed by atoms with Gasteiger partial charge in [0.15, 0.2) is 0 Å². The number of aromatic nitrogens is 2. The summed E-state index contributed by atoms with van der Waals surface area (Å²) in [6, 6.07) is 3.98. The molecule has 0 aromatic carbocycles. The zero-order valence-corrected chi connectivity index (χ0v) is 7.83. The fourth-order valence-electron chi connectivity index (χ4n) is 1.56. The lowest BCUT2D eigenvalue weighted by atomic mass is 10.0. The molecule has 0 aliphatic carbocycles. The van der Waals surface area contributed by atoms with E-state index in [-0.39, 0.29) is 0 Å². The standard InChI is InChI=1S/C10H13N3/c1-6(2)8-5-9(11)13-10-7(8)3-4-12-10/h3-6H,1-2H3,(H3,11,12,13). The predicted molar refractivity (Wildman–Crippen MR) is 54.6 cm³/mol. The van der Waals surface area contributed by atoms with E-state index in [1.807, 2.05) is 18.3 Å². The van der Waals surface area contributed by atoms with E-state index in [4.69, 9.17) is 5.73 Å². The second-order valence-electron chi connectivity index (χ2n) is 3.53. The molecule has 2 aromatic rings. The molecule has 0 fully saturated rings. The topological polar surface area (TPSA) is 54.7 Å². The number of hydrogen-bond donors (Lipinski definition) is 2. The SMILES string of the molecule is CC(C)c1cc(N)nc2[nH]ccc12. The quantitative estimate of drug-likeness (QED) is 0.698. The number of anilines is 1. The highest BCUT2D eigenvalue weighted by Crippen LogP contribution is 2.25. The number of fused-ring (bicyclic) bond motifs is 1. The Balaban J connectivity index is 2.77. The molecule has 13 heavy (non-hydrogen) atoms. The van der Waals surface area contributed by atoms with E-state index in [9.17, 15) is 0 Å². The number of nitrogens with two attached hydrogens (primary N) is 1. The van der Waals surface area contributed by atoms with Gasteiger partial charge in [0, 0.05) is 11.6 Å². The minimum Gasteiger partial charge on any atom is -0.384 e. The molecular formula is C10H13N3. The van der Waals surface area contributed by atoms with Gasteiger partial charge in [0.2, 0.25) is 0 Å². The van der Waals surface area contributed by atoms with Crippen molar-refractivity contribution in [3.8, 4) is 0 Å². The Hall–Kier alpha value is -1.51. The second kappa shape index (κ2) is 2.76. The van der Waals surface area contributed by atoms with Crippen LogP contribution in [-0.4, -0.2) is 9.97 Å². The molecule has 2 aromatic heterocycles. The number of H-pyrrole nitrogens is 1. The van der Waals surface area contributed by atoms with Gasteiger partial charge in [-0.15, -0.1) is 0 Å². The zero-order valence-electron chi connectivity index (χ0n) is 7.83. The Bertz CT molecular complexity index is 429. The molecule has 68 valence electrons. The molecule has 3 heteroatoms. The van der Waals surface area contributed by atoms with Gasteiger partial charge in [0.1, 0.15) is 11.5 Å². The van der Waals surface area contributed by atoms with Crippen LogP contribution in [0.4, 0.5) is 5.82 Å². The number of pyridine rings is 1. The summed E-state index contributed by atoms with van der Waals surface area (Å²) in [5.74, 6) is 1.06. The van der Waals surface area contributed by atoms with Gasteiger partial charge in [-0.2, -0.15) is 0 Å². The van der Waals surface area contributed by atoms with Gasteiger partial charge in [0.25, 0.3) is 0 Å². The van der Waals surface area contributed by atoms with E-state index >= 15 is 0 Å². The highest BCUT2D eigenvalue weighted by Gasteiger charge is 2.07. The van der Waals surface area contributed by atoms with Crippen LogP contribution in [0.2, 0.25) is 0 Å². The smallest absolute Gasteiger partial charge is 0.139 e. The van der Waals surface area contributed by atoms with Crippen molar-refractivity contribution in [1.82, 2.24) is 9.97 Å². The molecule has 0 aliphatic rings. The first-order valence-corrected chi connectivity index (χ1v) is 4.42. The van der Waals surface area contributed by atoms with Crippen molar-refractivity contribution < 1.29 is 0 Å². The lowest BCUT2D eigenvalue weighted by Crippen LogP contribution is -1.95. The molecule has 0 atom stereocenters. The Morgan fingerprint density at radius 3 is 2.92 bits per heavy atom. The van der Waals surface area contributed by atoms with Gasteiger partial charge < -0.3 is 10.7 Å². The molecule has 3 N–H and O–H groups in total. The number of nitrogens with zero attached hydrogens (tertiary/aromatic N) is 1. The van der Waals surface area contributed by atoms with E-state index in [0.29, 0.717) is 11.7 Å². The summed E-state index contributed by atoms with van der Waals surface area (Å²) >= 11 is 0. The van der Waals surface area contributed by atoms with Crippen LogP contribution in [-0.2, 0) is 0 Å². The monoisotopic (exact) mass is 175 g/mol. The van der Waals surface area contributed by atoms with Crippen molar-refractivity contribution in [2.75, 3.05) is 5.73 Å². The van der Waals surface area contributed by atoms with E-state index < -0.39 is 0 Å². The maximum absolute atomic E-state index is 5.69. The molecule has 3 nitrogen and oxygen atoms in total. The van der Waals surface area contributed by atoms with Gasteiger partial charge in [-0.1, -0.05) is 13.8 Å². The number of hydrogen-bond acceptors (Lipinski definition) is 2. The van der Waals surface area contributed by atoms with Crippen LogP contribution in [0, 0.1) is 0 Å². The van der Waals surface area contributed by atoms with Crippen molar-refractivity contribution in [2.24, 2.45) is 0 Å². The van der Waals surface area contributed by atoms with Crippen molar-refractivity contribution in [3.05, 3.63) is 23.9 Å². The molecule has 0 radical (unpaired) electrons. The van der Waals surface area contributed by atoms with Crippen LogP contribution in [0.3, 0.4) is 0 Å². The van der Waals surface area contributed by atoms with Crippen molar-refractivity contribution in [1.29, 1.82) is 0 Å². The maximum Gasteiger partial charge on any atom is 0.139 e. The minimum atomic E-state index is 0.476. The molecule has 0 unspecified atom stereocenters. The third-order valence-corrected chi connectivity index (χ3v) is 2.20. The lowest BCUT2D eigenvalue weighted by Gasteiger charge is -2.07.